The van der Waals surface area contributed by atoms with E-state index in [1.165, 1.54) is 12.0 Å². The number of ketones is 3. The molecule has 14 heteroatoms. The fourth-order valence-corrected chi connectivity index (χ4v) is 10.1. The second-order valence-corrected chi connectivity index (χ2v) is 19.6. The lowest BCUT2D eigenvalue weighted by atomic mass is 9.78. The van der Waals surface area contributed by atoms with Gasteiger partial charge in [-0.3, -0.25) is 19.2 Å². The van der Waals surface area contributed by atoms with Crippen LogP contribution in [0.1, 0.15) is 126 Å². The largest absolute Gasteiger partial charge is 0.460 e. The monoisotopic (exact) mass is 914 g/mol. The van der Waals surface area contributed by atoms with Crippen LogP contribution in [-0.2, 0) is 47.7 Å². The van der Waals surface area contributed by atoms with Gasteiger partial charge in [0, 0.05) is 58.5 Å². The van der Waals surface area contributed by atoms with E-state index in [1.54, 1.807) is 41.1 Å². The molecule has 3 heterocycles. The van der Waals surface area contributed by atoms with Crippen molar-refractivity contribution in [2.24, 2.45) is 35.5 Å². The minimum Gasteiger partial charge on any atom is -0.460 e. The van der Waals surface area contributed by atoms with Gasteiger partial charge >= 0.3 is 5.97 Å². The SMILES string of the molecule is CO[C@H]1C[C@@H]2CC[C@@H](C)[C@@](O)(O2)C(=O)C(=O)N2CCCC[C@H]2C(=O)O[C@H]([C@H](C)C[C@H]2CC[C@@H](O)[C@H](OC)C2)CC(=O)[C@H](C)/C=C(\C)[C@H](O)[C@@H](OC)C(=O)[C@H](C)C[C@H](C)/C=C/C=CC=C1C. The first-order valence-corrected chi connectivity index (χ1v) is 23.9. The van der Waals surface area contributed by atoms with Crippen molar-refractivity contribution in [1.82, 2.24) is 4.90 Å². The Balaban J connectivity index is 1.70. The molecule has 0 aromatic rings. The van der Waals surface area contributed by atoms with Gasteiger partial charge in [-0.15, -0.1) is 0 Å². The van der Waals surface area contributed by atoms with Crippen LogP contribution in [0.15, 0.2) is 47.6 Å². The molecule has 0 radical (unpaired) electrons. The number of hydrogen-bond donors (Lipinski definition) is 3. The Bertz CT molecular complexity index is 1760. The van der Waals surface area contributed by atoms with Gasteiger partial charge in [0.2, 0.25) is 5.79 Å². The van der Waals surface area contributed by atoms with Crippen LogP contribution in [0.25, 0.3) is 0 Å². The molecule has 15 atom stereocenters. The predicted molar refractivity (Wildman–Crippen MR) is 245 cm³/mol. The lowest BCUT2D eigenvalue weighted by molar-refractivity contribution is -0.265. The lowest BCUT2D eigenvalue weighted by Gasteiger charge is -2.42. The molecule has 14 nitrogen and oxygen atoms in total. The first-order chi connectivity index (χ1) is 30.7. The second-order valence-electron chi connectivity index (χ2n) is 19.6. The summed E-state index contributed by atoms with van der Waals surface area (Å²) >= 11 is 0. The fraction of sp³-hybridized carbons (Fsp3) is 0.745. The minimum absolute atomic E-state index is 0.0193. The number of allylic oxidation sites excluding steroid dienone is 6. The highest BCUT2D eigenvalue weighted by Gasteiger charge is 2.53. The molecule has 366 valence electrons. The highest BCUT2D eigenvalue weighted by molar-refractivity contribution is 6.39. The highest BCUT2D eigenvalue weighted by atomic mass is 16.6. The van der Waals surface area contributed by atoms with Crippen molar-refractivity contribution in [3.05, 3.63) is 47.6 Å². The molecule has 0 aromatic carbocycles. The predicted octanol–water partition coefficient (Wildman–Crippen LogP) is 6.18. The average Bonchev–Trinajstić information content (AvgIpc) is 3.28. The number of ether oxygens (including phenoxy) is 5. The van der Waals surface area contributed by atoms with E-state index in [-0.39, 0.29) is 54.8 Å². The third kappa shape index (κ3) is 14.3. The summed E-state index contributed by atoms with van der Waals surface area (Å²) in [5.41, 5.74) is 1.27. The summed E-state index contributed by atoms with van der Waals surface area (Å²) in [6.07, 6.45) is 11.2. The third-order valence-electron chi connectivity index (χ3n) is 14.5. The van der Waals surface area contributed by atoms with Crippen LogP contribution < -0.4 is 0 Å². The fourth-order valence-electron chi connectivity index (χ4n) is 10.1. The van der Waals surface area contributed by atoms with E-state index < -0.39 is 83.9 Å². The normalized spacial score (nSPS) is 39.1. The molecule has 0 unspecified atom stereocenters. The molecule has 0 spiro atoms. The van der Waals surface area contributed by atoms with E-state index in [4.69, 9.17) is 23.7 Å². The zero-order valence-corrected chi connectivity index (χ0v) is 40.6. The summed E-state index contributed by atoms with van der Waals surface area (Å²) in [6, 6.07) is -1.14. The number of Topliss-reactive ketones (excluding diaryl/α,β-unsaturated/α-hetero) is 3. The van der Waals surface area contributed by atoms with E-state index in [0.29, 0.717) is 63.4 Å². The van der Waals surface area contributed by atoms with Crippen molar-refractivity contribution in [1.29, 1.82) is 0 Å². The van der Waals surface area contributed by atoms with Crippen LogP contribution in [-0.4, -0.2) is 132 Å². The van der Waals surface area contributed by atoms with Crippen molar-refractivity contribution >= 4 is 29.2 Å². The van der Waals surface area contributed by atoms with Crippen molar-refractivity contribution in [2.75, 3.05) is 27.9 Å². The number of carbonyl (C=O) groups is 5. The molecule has 2 saturated heterocycles. The number of piperidine rings is 1. The Morgan fingerprint density at radius 3 is 2.25 bits per heavy atom. The summed E-state index contributed by atoms with van der Waals surface area (Å²) in [7, 11) is 4.52. The maximum atomic E-state index is 14.4. The molecule has 2 bridgehead atoms. The Kier molecular flexibility index (Phi) is 21.0. The zero-order chi connectivity index (χ0) is 48.2. The maximum Gasteiger partial charge on any atom is 0.329 e. The van der Waals surface area contributed by atoms with Gasteiger partial charge in [0.25, 0.3) is 11.7 Å². The number of aliphatic hydroxyl groups is 3. The summed E-state index contributed by atoms with van der Waals surface area (Å²) in [5.74, 6) is -7.96. The summed E-state index contributed by atoms with van der Waals surface area (Å²) in [6.45, 7) is 12.7. The number of amides is 1. The number of aliphatic hydroxyl groups excluding tert-OH is 2. The Morgan fingerprint density at radius 1 is 0.846 bits per heavy atom. The molecule has 3 fully saturated rings. The standard InChI is InChI=1S/C51H79NO13/c1-30-16-12-11-13-17-31(2)42(61-8)28-38-21-19-36(7)51(60,65-38)48(57)49(58)52-23-15-14-18-39(52)50(59)64-43(33(4)26-37-20-22-40(53)44(27-37)62-9)29-41(54)32(3)25-35(6)46(56)47(63-10)45(55)34(5)24-30/h11-13,16-17,25,30,32-34,36-40,42-44,46-47,53,56,60H,14-15,18-24,26-29H2,1-10H3/b13-11?,16-12+,31-17?,35-25+/t30-,32-,33-,34-,36-,37-,38+,39+,40-,42+,43+,44-,46+,47+,51-/m1/s1. The highest BCUT2D eigenvalue weighted by Crippen LogP contribution is 2.38. The van der Waals surface area contributed by atoms with Crippen molar-refractivity contribution < 1.29 is 63.0 Å². The smallest absolute Gasteiger partial charge is 0.329 e. The first kappa shape index (κ1) is 54.2. The van der Waals surface area contributed by atoms with Gasteiger partial charge in [0.05, 0.1) is 24.4 Å². The first-order valence-electron chi connectivity index (χ1n) is 23.9. The van der Waals surface area contributed by atoms with Crippen LogP contribution in [0.3, 0.4) is 0 Å². The van der Waals surface area contributed by atoms with E-state index in [0.717, 1.165) is 12.0 Å². The number of esters is 1. The lowest BCUT2D eigenvalue weighted by Crippen LogP contribution is -2.61. The van der Waals surface area contributed by atoms with Gasteiger partial charge in [-0.2, -0.15) is 0 Å². The molecule has 3 aliphatic heterocycles. The zero-order valence-electron chi connectivity index (χ0n) is 40.6. The summed E-state index contributed by atoms with van der Waals surface area (Å²) < 4.78 is 29.4. The van der Waals surface area contributed by atoms with Crippen LogP contribution in [0.2, 0.25) is 0 Å². The van der Waals surface area contributed by atoms with Crippen LogP contribution >= 0.6 is 0 Å². The second kappa shape index (κ2) is 25.1. The van der Waals surface area contributed by atoms with E-state index in [1.807, 2.05) is 58.1 Å². The van der Waals surface area contributed by atoms with Gasteiger partial charge in [-0.25, -0.2) is 4.79 Å². The van der Waals surface area contributed by atoms with Crippen LogP contribution in [0.4, 0.5) is 0 Å². The molecule has 1 aliphatic carbocycles. The number of methoxy groups -OCH3 is 3. The number of hydrogen-bond acceptors (Lipinski definition) is 13. The number of rotatable bonds is 6. The van der Waals surface area contributed by atoms with Gasteiger partial charge in [-0.05, 0) is 107 Å². The Labute approximate surface area is 387 Å². The number of nitrogens with zero attached hydrogens (tertiary/aromatic N) is 1. The summed E-state index contributed by atoms with van der Waals surface area (Å²) in [5, 5.41) is 33.8. The minimum atomic E-state index is -2.43. The third-order valence-corrected chi connectivity index (χ3v) is 14.5. The van der Waals surface area contributed by atoms with Gasteiger partial charge < -0.3 is 43.9 Å². The molecule has 1 saturated carbocycles. The molecule has 65 heavy (non-hydrogen) atoms. The van der Waals surface area contributed by atoms with Gasteiger partial charge in [-0.1, -0.05) is 71.1 Å². The van der Waals surface area contributed by atoms with Crippen LogP contribution in [0, 0.1) is 35.5 Å². The van der Waals surface area contributed by atoms with Gasteiger partial charge in [0.1, 0.15) is 30.1 Å². The molecule has 1 amide bonds. The van der Waals surface area contributed by atoms with Crippen LogP contribution in [0.5, 0.6) is 0 Å². The van der Waals surface area contributed by atoms with Crippen molar-refractivity contribution in [3.8, 4) is 0 Å². The molecule has 4 rings (SSSR count). The maximum absolute atomic E-state index is 14.4. The molecule has 3 N–H and O–H groups in total. The quantitative estimate of drug-likeness (QED) is 0.156. The van der Waals surface area contributed by atoms with Gasteiger partial charge in [0.15, 0.2) is 5.78 Å². The molecule has 4 aliphatic rings. The summed E-state index contributed by atoms with van der Waals surface area (Å²) in [4.78, 5) is 71.8. The van der Waals surface area contributed by atoms with Crippen molar-refractivity contribution in [2.45, 2.75) is 180 Å². The van der Waals surface area contributed by atoms with E-state index in [9.17, 15) is 39.3 Å². The average molecular weight is 914 g/mol. The van der Waals surface area contributed by atoms with E-state index >= 15 is 0 Å². The number of cyclic esters (lactones) is 1. The molecular weight excluding hydrogens is 835 g/mol. The van der Waals surface area contributed by atoms with E-state index in [2.05, 4.69) is 0 Å². The Morgan fingerprint density at radius 2 is 1.57 bits per heavy atom. The molecular formula is C51H79NO13. The Hall–Kier alpha value is -3.37. The molecule has 0 aromatic heterocycles. The number of fused-ring (bicyclic) bond motifs is 3. The number of carbonyl (C=O) groups excluding carboxylic acids is 5. The van der Waals surface area contributed by atoms with Crippen molar-refractivity contribution in [3.63, 3.8) is 0 Å². The topological polar surface area (TPSA) is 195 Å².